The highest BCUT2D eigenvalue weighted by atomic mass is 32.1. The first-order valence-corrected chi connectivity index (χ1v) is 11.7. The molecule has 166 valence electrons. The van der Waals surface area contributed by atoms with Crippen LogP contribution in [-0.2, 0) is 20.9 Å². The van der Waals surface area contributed by atoms with Crippen LogP contribution in [0.1, 0.15) is 66.5 Å². The van der Waals surface area contributed by atoms with Crippen molar-refractivity contribution >= 4 is 39.3 Å². The smallest absolute Gasteiger partial charge is 0.348 e. The predicted octanol–water partition coefficient (Wildman–Crippen LogP) is 3.13. The van der Waals surface area contributed by atoms with Gasteiger partial charge in [0.2, 0.25) is 0 Å². The van der Waals surface area contributed by atoms with Crippen LogP contribution in [0.4, 0.5) is 5.82 Å². The minimum Gasteiger partial charge on any atom is -0.462 e. The molecule has 0 saturated heterocycles. The average Bonchev–Trinajstić information content (AvgIpc) is 3.01. The fourth-order valence-electron chi connectivity index (χ4n) is 6.41. The summed E-state index contributed by atoms with van der Waals surface area (Å²) in [4.78, 5) is 35.1. The maximum Gasteiger partial charge on any atom is 0.348 e. The van der Waals surface area contributed by atoms with Crippen molar-refractivity contribution in [1.82, 2.24) is 9.97 Å². The molecule has 4 aliphatic carbocycles. The number of hydrogen-bond donors (Lipinski definition) is 2. The molecule has 4 aliphatic rings. The molecule has 2 atom stereocenters. The van der Waals surface area contributed by atoms with Gasteiger partial charge in [-0.1, -0.05) is 0 Å². The van der Waals surface area contributed by atoms with E-state index in [1.54, 1.807) is 13.8 Å². The van der Waals surface area contributed by atoms with Crippen LogP contribution in [0.15, 0.2) is 0 Å². The molecule has 0 radical (unpaired) electrons. The van der Waals surface area contributed by atoms with Gasteiger partial charge in [-0.15, -0.1) is 11.3 Å². The van der Waals surface area contributed by atoms with Crippen LogP contribution >= 0.6 is 11.3 Å². The number of hydrogen-bond acceptors (Lipinski definition) is 9. The molecule has 3 N–H and O–H groups in total. The van der Waals surface area contributed by atoms with E-state index in [1.165, 1.54) is 11.3 Å². The second-order valence-corrected chi connectivity index (χ2v) is 10.5. The predicted molar refractivity (Wildman–Crippen MR) is 114 cm³/mol. The Bertz CT molecular complexity index is 1070. The quantitative estimate of drug-likeness (QED) is 0.673. The molecule has 0 spiro atoms. The van der Waals surface area contributed by atoms with Crippen LogP contribution in [0.25, 0.3) is 10.2 Å². The monoisotopic (exact) mass is 445 g/mol. The molecule has 0 aromatic carbocycles. The Morgan fingerprint density at radius 2 is 1.90 bits per heavy atom. The fourth-order valence-corrected chi connectivity index (χ4v) is 7.51. The molecule has 31 heavy (non-hydrogen) atoms. The van der Waals surface area contributed by atoms with E-state index in [-0.39, 0.29) is 25.0 Å². The Balaban J connectivity index is 1.35. The number of aliphatic hydroxyl groups is 1. The summed E-state index contributed by atoms with van der Waals surface area (Å²) in [6.45, 7) is 3.75. The number of rotatable bonds is 5. The topological polar surface area (TPSA) is 125 Å². The number of carbonyl (C=O) groups excluding carboxylic acids is 2. The van der Waals surface area contributed by atoms with E-state index in [0.717, 1.165) is 32.1 Å². The van der Waals surface area contributed by atoms with Gasteiger partial charge in [0.1, 0.15) is 15.5 Å². The highest BCUT2D eigenvalue weighted by molar-refractivity contribution is 7.20. The Hall–Kier alpha value is -2.26. The van der Waals surface area contributed by atoms with E-state index in [9.17, 15) is 14.7 Å². The Labute approximate surface area is 184 Å². The van der Waals surface area contributed by atoms with Crippen LogP contribution in [-0.4, -0.2) is 39.2 Å². The average molecular weight is 446 g/mol. The third-order valence-corrected chi connectivity index (χ3v) is 8.29. The highest BCUT2D eigenvalue weighted by Gasteiger charge is 2.60. The molecule has 4 saturated carbocycles. The Morgan fingerprint density at radius 3 is 2.55 bits per heavy atom. The molecule has 8 nitrogen and oxygen atoms in total. The number of ether oxygens (including phenoxy) is 2. The molecule has 2 heterocycles. The van der Waals surface area contributed by atoms with Crippen molar-refractivity contribution in [3.63, 3.8) is 0 Å². The van der Waals surface area contributed by atoms with Crippen LogP contribution in [0.5, 0.6) is 0 Å². The SMILES string of the molecule is CCOC(=O)c1sc2nc(COC(=O)C34CC5CC(CC(O)(C5)C3)C4)nc(N)c2c1C. The minimum absolute atomic E-state index is 0.0832. The van der Waals surface area contributed by atoms with Crippen LogP contribution in [0.2, 0.25) is 0 Å². The lowest BCUT2D eigenvalue weighted by Gasteiger charge is -2.58. The minimum atomic E-state index is -0.721. The molecule has 9 heteroatoms. The summed E-state index contributed by atoms with van der Waals surface area (Å²) >= 11 is 1.20. The molecular formula is C22H27N3O5S. The molecule has 2 unspecified atom stereocenters. The summed E-state index contributed by atoms with van der Waals surface area (Å²) < 4.78 is 10.8. The fraction of sp³-hybridized carbons (Fsp3) is 0.636. The second kappa shape index (κ2) is 7.13. The summed E-state index contributed by atoms with van der Waals surface area (Å²) in [7, 11) is 0. The maximum absolute atomic E-state index is 13.1. The van der Waals surface area contributed by atoms with Gasteiger partial charge in [0, 0.05) is 0 Å². The highest BCUT2D eigenvalue weighted by Crippen LogP contribution is 2.62. The Morgan fingerprint density at radius 1 is 1.19 bits per heavy atom. The van der Waals surface area contributed by atoms with Crippen LogP contribution in [0, 0.1) is 24.2 Å². The van der Waals surface area contributed by atoms with Crippen molar-refractivity contribution < 1.29 is 24.2 Å². The Kier molecular flexibility index (Phi) is 4.75. The van der Waals surface area contributed by atoms with Crippen LogP contribution < -0.4 is 5.73 Å². The number of anilines is 1. The number of esters is 2. The number of nitrogens with two attached hydrogens (primary N) is 1. The molecule has 6 rings (SSSR count). The number of aryl methyl sites for hydroxylation is 1. The van der Waals surface area contributed by atoms with E-state index < -0.39 is 17.0 Å². The van der Waals surface area contributed by atoms with Crippen LogP contribution in [0.3, 0.4) is 0 Å². The van der Waals surface area contributed by atoms with E-state index >= 15 is 0 Å². The lowest BCUT2D eigenvalue weighted by atomic mass is 9.48. The molecule has 4 fully saturated rings. The third kappa shape index (κ3) is 3.38. The van der Waals surface area contributed by atoms with E-state index in [4.69, 9.17) is 15.2 Å². The zero-order valence-electron chi connectivity index (χ0n) is 17.8. The molecule has 4 bridgehead atoms. The van der Waals surface area contributed by atoms with Crippen molar-refractivity contribution in [1.29, 1.82) is 0 Å². The maximum atomic E-state index is 13.1. The van der Waals surface area contributed by atoms with Gasteiger partial charge in [-0.2, -0.15) is 0 Å². The van der Waals surface area contributed by atoms with Crippen molar-refractivity contribution in [2.75, 3.05) is 12.3 Å². The van der Waals surface area contributed by atoms with Crippen molar-refractivity contribution in [2.45, 2.75) is 64.6 Å². The normalized spacial score (nSPS) is 31.2. The number of nitrogen functional groups attached to an aromatic ring is 1. The van der Waals surface area contributed by atoms with Gasteiger partial charge in [-0.3, -0.25) is 4.79 Å². The third-order valence-electron chi connectivity index (χ3n) is 7.12. The lowest BCUT2D eigenvalue weighted by Crippen LogP contribution is -2.58. The largest absolute Gasteiger partial charge is 0.462 e. The standard InChI is InChI=1S/C22H27N3O5S/c1-3-29-19(26)16-11(2)15-17(23)24-14(25-18(15)31-16)9-30-20(27)21-5-12-4-13(6-21)8-22(28,7-12)10-21/h12-13,28H,3-10H2,1-2H3,(H2,23,24,25). The summed E-state index contributed by atoms with van der Waals surface area (Å²) in [5.74, 6) is 0.685. The van der Waals surface area contributed by atoms with Crippen molar-refractivity contribution in [2.24, 2.45) is 17.3 Å². The van der Waals surface area contributed by atoms with E-state index in [2.05, 4.69) is 9.97 Å². The first kappa shape index (κ1) is 20.6. The molecule has 2 aromatic rings. The first-order chi connectivity index (χ1) is 14.7. The number of aromatic nitrogens is 2. The molecule has 2 aromatic heterocycles. The number of nitrogens with zero attached hydrogens (tertiary/aromatic N) is 2. The second-order valence-electron chi connectivity index (χ2n) is 9.52. The van der Waals surface area contributed by atoms with E-state index in [0.29, 0.717) is 44.7 Å². The van der Waals surface area contributed by atoms with Gasteiger partial charge < -0.3 is 20.3 Å². The first-order valence-electron chi connectivity index (χ1n) is 10.8. The lowest BCUT2D eigenvalue weighted by molar-refractivity contribution is -0.197. The number of fused-ring (bicyclic) bond motifs is 1. The van der Waals surface area contributed by atoms with Crippen molar-refractivity contribution in [3.05, 3.63) is 16.3 Å². The van der Waals surface area contributed by atoms with Gasteiger partial charge in [-0.05, 0) is 69.8 Å². The van der Waals surface area contributed by atoms with Crippen molar-refractivity contribution in [3.8, 4) is 0 Å². The summed E-state index contributed by atoms with van der Waals surface area (Å²) in [6, 6.07) is 0. The van der Waals surface area contributed by atoms with Gasteiger partial charge in [0.05, 0.1) is 23.0 Å². The zero-order valence-corrected chi connectivity index (χ0v) is 18.6. The molecule has 0 aliphatic heterocycles. The van der Waals surface area contributed by atoms with Gasteiger partial charge >= 0.3 is 11.9 Å². The molecular weight excluding hydrogens is 418 g/mol. The van der Waals surface area contributed by atoms with Gasteiger partial charge in [-0.25, -0.2) is 14.8 Å². The summed E-state index contributed by atoms with van der Waals surface area (Å²) in [5.41, 5.74) is 5.53. The molecule has 0 amide bonds. The number of thiophene rings is 1. The number of carbonyl (C=O) groups is 2. The summed E-state index contributed by atoms with van der Waals surface area (Å²) in [5, 5.41) is 11.5. The van der Waals surface area contributed by atoms with Gasteiger partial charge in [0.25, 0.3) is 0 Å². The van der Waals surface area contributed by atoms with Gasteiger partial charge in [0.15, 0.2) is 12.4 Å². The summed E-state index contributed by atoms with van der Waals surface area (Å²) in [6.07, 6.45) is 4.78. The van der Waals surface area contributed by atoms with E-state index in [1.807, 2.05) is 0 Å². The zero-order chi connectivity index (χ0) is 22.0.